The Morgan fingerprint density at radius 1 is 1.29 bits per heavy atom. The van der Waals surface area contributed by atoms with Gasteiger partial charge >= 0.3 is 7.12 Å². The molecule has 112 valence electrons. The standard InChI is InChI=1S/C15H21BN2O3/c19-15(18-8-4-7-14(18)16(20)21)13-9-12(10-17-13)11-5-2-1-3-6-11/h1-3,5-6,12-14,17,20-21H,4,7-10H2. The van der Waals surface area contributed by atoms with Gasteiger partial charge in [-0.25, -0.2) is 0 Å². The predicted molar refractivity (Wildman–Crippen MR) is 80.5 cm³/mol. The van der Waals surface area contributed by atoms with Crippen LogP contribution in [0.2, 0.25) is 0 Å². The van der Waals surface area contributed by atoms with Gasteiger partial charge in [0.2, 0.25) is 5.91 Å². The van der Waals surface area contributed by atoms with Gasteiger partial charge < -0.3 is 20.3 Å². The molecule has 3 atom stereocenters. The number of benzene rings is 1. The maximum Gasteiger partial charge on any atom is 0.475 e. The van der Waals surface area contributed by atoms with Crippen LogP contribution in [0.4, 0.5) is 0 Å². The highest BCUT2D eigenvalue weighted by Crippen LogP contribution is 2.28. The Kier molecular flexibility index (Phi) is 4.28. The first kappa shape index (κ1) is 14.6. The molecule has 5 nitrogen and oxygen atoms in total. The largest absolute Gasteiger partial charge is 0.475 e. The van der Waals surface area contributed by atoms with Crippen molar-refractivity contribution in [3.8, 4) is 0 Å². The highest BCUT2D eigenvalue weighted by Gasteiger charge is 2.41. The van der Waals surface area contributed by atoms with Gasteiger partial charge in [0.1, 0.15) is 0 Å². The number of nitrogens with one attached hydrogen (secondary N) is 1. The lowest BCUT2D eigenvalue weighted by atomic mass is 9.77. The molecule has 6 heteroatoms. The van der Waals surface area contributed by atoms with E-state index in [9.17, 15) is 14.8 Å². The monoisotopic (exact) mass is 288 g/mol. The lowest BCUT2D eigenvalue weighted by Crippen LogP contribution is -2.51. The van der Waals surface area contributed by atoms with Crippen molar-refractivity contribution < 1.29 is 14.8 Å². The third-order valence-corrected chi connectivity index (χ3v) is 4.63. The molecule has 1 amide bonds. The van der Waals surface area contributed by atoms with Gasteiger partial charge in [0.05, 0.1) is 12.0 Å². The summed E-state index contributed by atoms with van der Waals surface area (Å²) in [6.45, 7) is 1.41. The topological polar surface area (TPSA) is 72.8 Å². The van der Waals surface area contributed by atoms with Crippen LogP contribution in [0.3, 0.4) is 0 Å². The zero-order chi connectivity index (χ0) is 14.8. The summed E-state index contributed by atoms with van der Waals surface area (Å²) in [5.41, 5.74) is 1.25. The van der Waals surface area contributed by atoms with Crippen LogP contribution in [0, 0.1) is 0 Å². The molecular weight excluding hydrogens is 267 g/mol. The third-order valence-electron chi connectivity index (χ3n) is 4.63. The number of rotatable bonds is 3. The molecule has 0 aliphatic carbocycles. The fourth-order valence-electron chi connectivity index (χ4n) is 3.48. The number of likely N-dealkylation sites (tertiary alicyclic amines) is 1. The second-order valence-corrected chi connectivity index (χ2v) is 5.96. The van der Waals surface area contributed by atoms with Crippen LogP contribution in [0.1, 0.15) is 30.7 Å². The SMILES string of the molecule is O=C(C1CC(c2ccccc2)CN1)N1CCCC1B(O)O. The summed E-state index contributed by atoms with van der Waals surface area (Å²) in [7, 11) is -1.44. The number of hydrogen-bond donors (Lipinski definition) is 3. The zero-order valence-electron chi connectivity index (χ0n) is 12.0. The number of nitrogens with zero attached hydrogens (tertiary/aromatic N) is 1. The number of carbonyl (C=O) groups excluding carboxylic acids is 1. The molecule has 3 rings (SSSR count). The lowest BCUT2D eigenvalue weighted by Gasteiger charge is -2.26. The van der Waals surface area contributed by atoms with E-state index in [1.165, 1.54) is 5.56 Å². The molecule has 3 unspecified atom stereocenters. The molecule has 1 aromatic rings. The molecule has 2 saturated heterocycles. The first-order chi connectivity index (χ1) is 10.2. The fourth-order valence-corrected chi connectivity index (χ4v) is 3.48. The van der Waals surface area contributed by atoms with Crippen molar-refractivity contribution in [3.05, 3.63) is 35.9 Å². The Bertz CT molecular complexity index is 497. The average Bonchev–Trinajstić information content (AvgIpc) is 3.17. The smallest absolute Gasteiger partial charge is 0.426 e. The van der Waals surface area contributed by atoms with E-state index in [0.717, 1.165) is 19.4 Å². The second-order valence-electron chi connectivity index (χ2n) is 5.96. The zero-order valence-corrected chi connectivity index (χ0v) is 12.0. The van der Waals surface area contributed by atoms with Crippen LogP contribution >= 0.6 is 0 Å². The Morgan fingerprint density at radius 2 is 2.05 bits per heavy atom. The molecule has 2 fully saturated rings. The maximum atomic E-state index is 12.6. The van der Waals surface area contributed by atoms with Gasteiger partial charge in [-0.1, -0.05) is 30.3 Å². The van der Waals surface area contributed by atoms with Crippen LogP contribution in [-0.4, -0.2) is 53.0 Å². The van der Waals surface area contributed by atoms with Crippen molar-refractivity contribution in [2.75, 3.05) is 13.1 Å². The van der Waals surface area contributed by atoms with Crippen LogP contribution < -0.4 is 5.32 Å². The highest BCUT2D eigenvalue weighted by molar-refractivity contribution is 6.43. The highest BCUT2D eigenvalue weighted by atomic mass is 16.4. The van der Waals surface area contributed by atoms with E-state index < -0.39 is 13.1 Å². The summed E-state index contributed by atoms with van der Waals surface area (Å²) in [5, 5.41) is 22.1. The minimum atomic E-state index is -1.44. The van der Waals surface area contributed by atoms with Gasteiger partial charge in [-0.2, -0.15) is 0 Å². The summed E-state index contributed by atoms with van der Waals surface area (Å²) in [5.74, 6) is -0.0978. The molecule has 0 spiro atoms. The molecule has 2 heterocycles. The van der Waals surface area contributed by atoms with E-state index >= 15 is 0 Å². The molecule has 0 bridgehead atoms. The van der Waals surface area contributed by atoms with E-state index in [0.29, 0.717) is 18.9 Å². The van der Waals surface area contributed by atoms with Crippen molar-refractivity contribution in [1.82, 2.24) is 10.2 Å². The van der Waals surface area contributed by atoms with Crippen molar-refractivity contribution in [1.29, 1.82) is 0 Å². The predicted octanol–water partition coefficient (Wildman–Crippen LogP) is 0.135. The fraction of sp³-hybridized carbons (Fsp3) is 0.533. The van der Waals surface area contributed by atoms with Crippen molar-refractivity contribution >= 4 is 13.0 Å². The van der Waals surface area contributed by atoms with E-state index in [4.69, 9.17) is 0 Å². The maximum absolute atomic E-state index is 12.6. The normalized spacial score (nSPS) is 28.9. The third kappa shape index (κ3) is 2.97. The Labute approximate surface area is 125 Å². The molecule has 21 heavy (non-hydrogen) atoms. The van der Waals surface area contributed by atoms with E-state index in [1.54, 1.807) is 4.90 Å². The first-order valence-electron chi connectivity index (χ1n) is 7.62. The van der Waals surface area contributed by atoms with E-state index in [1.807, 2.05) is 18.2 Å². The lowest BCUT2D eigenvalue weighted by molar-refractivity contribution is -0.133. The van der Waals surface area contributed by atoms with Gasteiger partial charge in [-0.15, -0.1) is 0 Å². The van der Waals surface area contributed by atoms with Crippen LogP contribution in [-0.2, 0) is 4.79 Å². The van der Waals surface area contributed by atoms with E-state index in [2.05, 4.69) is 17.4 Å². The van der Waals surface area contributed by atoms with Crippen LogP contribution in [0.15, 0.2) is 30.3 Å². The summed E-state index contributed by atoms with van der Waals surface area (Å²) in [6.07, 6.45) is 2.27. The van der Waals surface area contributed by atoms with Crippen LogP contribution in [0.25, 0.3) is 0 Å². The van der Waals surface area contributed by atoms with Gasteiger partial charge in [0.25, 0.3) is 0 Å². The Morgan fingerprint density at radius 3 is 2.76 bits per heavy atom. The quantitative estimate of drug-likeness (QED) is 0.692. The molecule has 0 radical (unpaired) electrons. The average molecular weight is 288 g/mol. The molecule has 0 saturated carbocycles. The van der Waals surface area contributed by atoms with Gasteiger partial charge in [-0.05, 0) is 30.7 Å². The second kappa shape index (κ2) is 6.18. The van der Waals surface area contributed by atoms with Crippen molar-refractivity contribution in [2.45, 2.75) is 37.2 Å². The molecule has 2 aliphatic heterocycles. The minimum absolute atomic E-state index is 0.00373. The summed E-state index contributed by atoms with van der Waals surface area (Å²) >= 11 is 0. The molecular formula is C15H21BN2O3. The van der Waals surface area contributed by atoms with Crippen molar-refractivity contribution in [2.24, 2.45) is 0 Å². The van der Waals surface area contributed by atoms with Crippen LogP contribution in [0.5, 0.6) is 0 Å². The number of hydrogen-bond acceptors (Lipinski definition) is 4. The minimum Gasteiger partial charge on any atom is -0.426 e. The van der Waals surface area contributed by atoms with E-state index in [-0.39, 0.29) is 11.9 Å². The number of carbonyl (C=O) groups is 1. The Hall–Kier alpha value is -1.37. The van der Waals surface area contributed by atoms with Gasteiger partial charge in [-0.3, -0.25) is 4.79 Å². The first-order valence-corrected chi connectivity index (χ1v) is 7.62. The molecule has 3 N–H and O–H groups in total. The molecule has 0 aromatic heterocycles. The number of amides is 1. The molecule has 2 aliphatic rings. The van der Waals surface area contributed by atoms with Crippen molar-refractivity contribution in [3.63, 3.8) is 0 Å². The summed E-state index contributed by atoms with van der Waals surface area (Å²) in [4.78, 5) is 14.2. The van der Waals surface area contributed by atoms with Gasteiger partial charge in [0.15, 0.2) is 0 Å². The summed E-state index contributed by atoms with van der Waals surface area (Å²) in [6, 6.07) is 10.00. The molecule has 1 aromatic carbocycles. The van der Waals surface area contributed by atoms with Gasteiger partial charge in [0, 0.05) is 13.1 Å². The summed E-state index contributed by atoms with van der Waals surface area (Å²) < 4.78 is 0. The Balaban J connectivity index is 1.65.